The number of aliphatic carboxylic acids is 1. The molecule has 0 bridgehead atoms. The summed E-state index contributed by atoms with van der Waals surface area (Å²) in [5.74, 6) is -0.424. The smallest absolute Gasteiger partial charge is 0.410 e. The highest BCUT2D eigenvalue weighted by molar-refractivity contribution is 5.68. The largest absolute Gasteiger partial charge is 0.481 e. The van der Waals surface area contributed by atoms with Gasteiger partial charge in [-0.3, -0.25) is 4.79 Å². The number of nitrogens with zero attached hydrogens (tertiary/aromatic N) is 1. The summed E-state index contributed by atoms with van der Waals surface area (Å²) in [6.07, 6.45) is 5.07. The summed E-state index contributed by atoms with van der Waals surface area (Å²) in [5, 5.41) is 9.07. The van der Waals surface area contributed by atoms with E-state index in [1.54, 1.807) is 4.90 Å². The first-order valence-corrected chi connectivity index (χ1v) is 7.92. The van der Waals surface area contributed by atoms with Crippen molar-refractivity contribution in [3.8, 4) is 0 Å². The number of likely N-dealkylation sites (tertiary alicyclic amines) is 1. The average molecular weight is 297 g/mol. The standard InChI is InChI=1S/C16H27NO4/c1-15(2,3)21-14(20)17-9-7-16(8-10-17)6-4-5-12(16)11-13(18)19/h12H,4-11H2,1-3H3,(H,18,19). The average Bonchev–Trinajstić information content (AvgIpc) is 2.70. The van der Waals surface area contributed by atoms with Crippen molar-refractivity contribution in [2.75, 3.05) is 13.1 Å². The number of rotatable bonds is 2. The predicted molar refractivity (Wildman–Crippen MR) is 79.1 cm³/mol. The Bertz CT molecular complexity index is 405. The quantitative estimate of drug-likeness (QED) is 0.849. The number of carboxylic acids is 1. The molecule has 2 aliphatic rings. The van der Waals surface area contributed by atoms with Gasteiger partial charge in [-0.15, -0.1) is 0 Å². The van der Waals surface area contributed by atoms with Crippen LogP contribution in [0.4, 0.5) is 4.79 Å². The van der Waals surface area contributed by atoms with Crippen molar-refractivity contribution in [2.24, 2.45) is 11.3 Å². The van der Waals surface area contributed by atoms with Gasteiger partial charge in [0.15, 0.2) is 0 Å². The Kier molecular flexibility index (Phi) is 4.49. The first-order valence-electron chi connectivity index (χ1n) is 7.92. The van der Waals surface area contributed by atoms with Crippen molar-refractivity contribution >= 4 is 12.1 Å². The van der Waals surface area contributed by atoms with Crippen molar-refractivity contribution in [3.63, 3.8) is 0 Å². The third-order valence-corrected chi connectivity index (χ3v) is 4.93. The highest BCUT2D eigenvalue weighted by Crippen LogP contribution is 2.51. The van der Waals surface area contributed by atoms with Crippen LogP contribution in [0.25, 0.3) is 0 Å². The Hall–Kier alpha value is -1.26. The van der Waals surface area contributed by atoms with Crippen LogP contribution in [0.2, 0.25) is 0 Å². The molecule has 1 spiro atoms. The molecule has 5 heteroatoms. The van der Waals surface area contributed by atoms with E-state index in [1.165, 1.54) is 0 Å². The third-order valence-electron chi connectivity index (χ3n) is 4.93. The Morgan fingerprint density at radius 3 is 2.38 bits per heavy atom. The number of hydrogen-bond acceptors (Lipinski definition) is 3. The lowest BCUT2D eigenvalue weighted by Gasteiger charge is -2.43. The lowest BCUT2D eigenvalue weighted by Crippen LogP contribution is -2.46. The Morgan fingerprint density at radius 1 is 1.24 bits per heavy atom. The Morgan fingerprint density at radius 2 is 1.86 bits per heavy atom. The van der Waals surface area contributed by atoms with E-state index in [0.29, 0.717) is 13.1 Å². The van der Waals surface area contributed by atoms with E-state index in [0.717, 1.165) is 32.1 Å². The molecule has 1 saturated heterocycles. The molecule has 2 rings (SSSR count). The minimum absolute atomic E-state index is 0.136. The number of hydrogen-bond donors (Lipinski definition) is 1. The lowest BCUT2D eigenvalue weighted by molar-refractivity contribution is -0.139. The highest BCUT2D eigenvalue weighted by atomic mass is 16.6. The molecule has 2 fully saturated rings. The molecule has 5 nitrogen and oxygen atoms in total. The molecule has 1 N–H and O–H groups in total. The van der Waals surface area contributed by atoms with E-state index in [1.807, 2.05) is 20.8 Å². The molecule has 1 heterocycles. The molecule has 1 aliphatic heterocycles. The van der Waals surface area contributed by atoms with Gasteiger partial charge in [-0.2, -0.15) is 0 Å². The van der Waals surface area contributed by atoms with E-state index < -0.39 is 11.6 Å². The molecule has 1 amide bonds. The van der Waals surface area contributed by atoms with Crippen LogP contribution in [0.5, 0.6) is 0 Å². The fraction of sp³-hybridized carbons (Fsp3) is 0.875. The van der Waals surface area contributed by atoms with Crippen molar-refractivity contribution in [1.29, 1.82) is 0 Å². The minimum atomic E-state index is -0.698. The molecular weight excluding hydrogens is 270 g/mol. The maximum Gasteiger partial charge on any atom is 0.410 e. The van der Waals surface area contributed by atoms with Crippen LogP contribution in [-0.4, -0.2) is 40.8 Å². The number of amides is 1. The van der Waals surface area contributed by atoms with Crippen molar-refractivity contribution < 1.29 is 19.4 Å². The number of ether oxygens (including phenoxy) is 1. The van der Waals surface area contributed by atoms with Gasteiger partial charge in [0.2, 0.25) is 0 Å². The molecular formula is C16H27NO4. The summed E-state index contributed by atoms with van der Waals surface area (Å²) in [6.45, 7) is 6.98. The second-order valence-electron chi connectivity index (χ2n) is 7.52. The fourth-order valence-corrected chi connectivity index (χ4v) is 3.86. The summed E-state index contributed by atoms with van der Waals surface area (Å²) in [4.78, 5) is 24.9. The molecule has 1 aliphatic carbocycles. The third kappa shape index (κ3) is 3.89. The topological polar surface area (TPSA) is 66.8 Å². The zero-order valence-corrected chi connectivity index (χ0v) is 13.4. The van der Waals surface area contributed by atoms with Crippen LogP contribution in [0.1, 0.15) is 59.3 Å². The van der Waals surface area contributed by atoms with Gasteiger partial charge in [0.1, 0.15) is 5.60 Å². The van der Waals surface area contributed by atoms with Crippen LogP contribution < -0.4 is 0 Å². The van der Waals surface area contributed by atoms with Gasteiger partial charge in [-0.05, 0) is 57.8 Å². The van der Waals surface area contributed by atoms with Crippen LogP contribution in [0.15, 0.2) is 0 Å². The molecule has 120 valence electrons. The maximum atomic E-state index is 12.1. The van der Waals surface area contributed by atoms with Crippen molar-refractivity contribution in [2.45, 2.75) is 64.9 Å². The normalized spacial score (nSPS) is 25.1. The number of carboxylic acid groups (broad SMARTS) is 1. The molecule has 1 atom stereocenters. The Balaban J connectivity index is 1.93. The number of carbonyl (C=O) groups excluding carboxylic acids is 1. The van der Waals surface area contributed by atoms with E-state index in [9.17, 15) is 9.59 Å². The second-order valence-corrected chi connectivity index (χ2v) is 7.52. The second kappa shape index (κ2) is 5.85. The molecule has 0 aromatic carbocycles. The summed E-state index contributed by atoms with van der Waals surface area (Å²) in [6, 6.07) is 0. The van der Waals surface area contributed by atoms with Crippen LogP contribution in [0, 0.1) is 11.3 Å². The van der Waals surface area contributed by atoms with Gasteiger partial charge in [0.25, 0.3) is 0 Å². The van der Waals surface area contributed by atoms with Gasteiger partial charge in [0.05, 0.1) is 0 Å². The Labute approximate surface area is 126 Å². The monoisotopic (exact) mass is 297 g/mol. The molecule has 0 aromatic rings. The SMILES string of the molecule is CC(C)(C)OC(=O)N1CCC2(CCCC2CC(=O)O)CC1. The minimum Gasteiger partial charge on any atom is -0.481 e. The van der Waals surface area contributed by atoms with Crippen molar-refractivity contribution in [3.05, 3.63) is 0 Å². The first-order chi connectivity index (χ1) is 9.72. The molecule has 0 aromatic heterocycles. The van der Waals surface area contributed by atoms with E-state index in [-0.39, 0.29) is 23.8 Å². The lowest BCUT2D eigenvalue weighted by atomic mass is 9.69. The molecule has 1 saturated carbocycles. The van der Waals surface area contributed by atoms with Crippen LogP contribution in [0.3, 0.4) is 0 Å². The van der Waals surface area contributed by atoms with E-state index >= 15 is 0 Å². The van der Waals surface area contributed by atoms with Gasteiger partial charge < -0.3 is 14.7 Å². The molecule has 1 unspecified atom stereocenters. The summed E-state index contributed by atoms with van der Waals surface area (Å²) in [7, 11) is 0. The maximum absolute atomic E-state index is 12.1. The predicted octanol–water partition coefficient (Wildman–Crippen LogP) is 3.28. The summed E-state index contributed by atoms with van der Waals surface area (Å²) >= 11 is 0. The van der Waals surface area contributed by atoms with Crippen LogP contribution in [-0.2, 0) is 9.53 Å². The summed E-state index contributed by atoms with van der Waals surface area (Å²) in [5.41, 5.74) is -0.331. The van der Waals surface area contributed by atoms with Crippen molar-refractivity contribution in [1.82, 2.24) is 4.90 Å². The highest BCUT2D eigenvalue weighted by Gasteiger charge is 2.46. The molecule has 21 heavy (non-hydrogen) atoms. The zero-order valence-electron chi connectivity index (χ0n) is 13.4. The number of piperidine rings is 1. The first kappa shape index (κ1) is 16.1. The van der Waals surface area contributed by atoms with Gasteiger partial charge in [-0.25, -0.2) is 4.79 Å². The number of carbonyl (C=O) groups is 2. The molecule has 0 radical (unpaired) electrons. The van der Waals surface area contributed by atoms with Gasteiger partial charge in [-0.1, -0.05) is 6.42 Å². The van der Waals surface area contributed by atoms with Crippen LogP contribution >= 0.6 is 0 Å². The van der Waals surface area contributed by atoms with Gasteiger partial charge >= 0.3 is 12.1 Å². The van der Waals surface area contributed by atoms with Gasteiger partial charge in [0, 0.05) is 19.5 Å². The van der Waals surface area contributed by atoms with E-state index in [2.05, 4.69) is 0 Å². The fourth-order valence-electron chi connectivity index (χ4n) is 3.86. The summed E-state index contributed by atoms with van der Waals surface area (Å²) < 4.78 is 5.41. The zero-order chi connectivity index (χ0) is 15.7. The van der Waals surface area contributed by atoms with E-state index in [4.69, 9.17) is 9.84 Å².